The predicted molar refractivity (Wildman–Crippen MR) is 69.1 cm³/mol. The summed E-state index contributed by atoms with van der Waals surface area (Å²) in [7, 11) is 2.97. The second-order valence-corrected chi connectivity index (χ2v) is 4.47. The Kier molecular flexibility index (Phi) is 4.16. The van der Waals surface area contributed by atoms with Crippen molar-refractivity contribution in [1.29, 1.82) is 0 Å². The number of carbonyl (C=O) groups is 2. The number of amides is 1. The highest BCUT2D eigenvalue weighted by Crippen LogP contribution is 2.16. The normalized spacial score (nSPS) is 18.4. The number of hydrogen-bond donors (Lipinski definition) is 0. The molecule has 0 radical (unpaired) electrons. The highest BCUT2D eigenvalue weighted by atomic mass is 16.5. The lowest BCUT2D eigenvalue weighted by atomic mass is 10.1. The Bertz CT molecular complexity index is 486. The van der Waals surface area contributed by atoms with Gasteiger partial charge in [0.1, 0.15) is 0 Å². The van der Waals surface area contributed by atoms with Gasteiger partial charge in [-0.1, -0.05) is 6.07 Å². The number of likely N-dealkylation sites (tertiary alicyclic amines) is 1. The smallest absolute Gasteiger partial charge is 0.337 e. The van der Waals surface area contributed by atoms with Crippen LogP contribution >= 0.6 is 0 Å². The van der Waals surface area contributed by atoms with Gasteiger partial charge in [-0.25, -0.2) is 4.79 Å². The van der Waals surface area contributed by atoms with Crippen LogP contribution in [0, 0.1) is 0 Å². The molecule has 1 saturated heterocycles. The molecule has 1 heterocycles. The first kappa shape index (κ1) is 13.5. The standard InChI is InChI=1S/C14H17NO4/c1-18-12-6-7-15(9-12)13(16)10-4-3-5-11(8-10)14(17)19-2/h3-5,8,12H,6-7,9H2,1-2H3. The largest absolute Gasteiger partial charge is 0.465 e. The summed E-state index contributed by atoms with van der Waals surface area (Å²) in [6.45, 7) is 1.28. The molecule has 102 valence electrons. The molecule has 5 heteroatoms. The summed E-state index contributed by atoms with van der Waals surface area (Å²) in [6.07, 6.45) is 0.951. The number of nitrogens with zero attached hydrogens (tertiary/aromatic N) is 1. The van der Waals surface area contributed by atoms with Gasteiger partial charge in [0.25, 0.3) is 5.91 Å². The van der Waals surface area contributed by atoms with Crippen molar-refractivity contribution in [2.45, 2.75) is 12.5 Å². The van der Waals surface area contributed by atoms with E-state index in [4.69, 9.17) is 4.74 Å². The maximum atomic E-state index is 12.3. The van der Waals surface area contributed by atoms with Crippen molar-refractivity contribution in [1.82, 2.24) is 4.90 Å². The summed E-state index contributed by atoms with van der Waals surface area (Å²) < 4.78 is 9.89. The molecule has 2 rings (SSSR count). The molecule has 1 aliphatic rings. The van der Waals surface area contributed by atoms with Gasteiger partial charge in [-0.15, -0.1) is 0 Å². The Morgan fingerprint density at radius 1 is 1.26 bits per heavy atom. The summed E-state index contributed by atoms with van der Waals surface area (Å²) in [5, 5.41) is 0. The van der Waals surface area contributed by atoms with E-state index < -0.39 is 5.97 Å². The van der Waals surface area contributed by atoms with Crippen molar-refractivity contribution in [3.8, 4) is 0 Å². The number of ether oxygens (including phenoxy) is 2. The lowest BCUT2D eigenvalue weighted by Gasteiger charge is -2.16. The molecule has 0 spiro atoms. The second-order valence-electron chi connectivity index (χ2n) is 4.47. The molecule has 0 saturated carbocycles. The summed E-state index contributed by atoms with van der Waals surface area (Å²) in [4.78, 5) is 25.5. The molecule has 1 aromatic carbocycles. The third-order valence-corrected chi connectivity index (χ3v) is 3.30. The fourth-order valence-electron chi connectivity index (χ4n) is 2.18. The molecule has 0 N–H and O–H groups in total. The van der Waals surface area contributed by atoms with E-state index in [0.717, 1.165) is 6.42 Å². The molecule has 5 nitrogen and oxygen atoms in total. The van der Waals surface area contributed by atoms with Gasteiger partial charge in [0.2, 0.25) is 0 Å². The number of esters is 1. The minimum atomic E-state index is -0.439. The van der Waals surface area contributed by atoms with Gasteiger partial charge < -0.3 is 14.4 Å². The van der Waals surface area contributed by atoms with E-state index in [-0.39, 0.29) is 12.0 Å². The first-order valence-corrected chi connectivity index (χ1v) is 6.16. The van der Waals surface area contributed by atoms with Crippen LogP contribution in [0.15, 0.2) is 24.3 Å². The molecular formula is C14H17NO4. The van der Waals surface area contributed by atoms with E-state index in [1.807, 2.05) is 0 Å². The first-order valence-electron chi connectivity index (χ1n) is 6.16. The minimum absolute atomic E-state index is 0.0784. The van der Waals surface area contributed by atoms with Crippen LogP contribution in [0.3, 0.4) is 0 Å². The topological polar surface area (TPSA) is 55.8 Å². The fraction of sp³-hybridized carbons (Fsp3) is 0.429. The maximum absolute atomic E-state index is 12.3. The Morgan fingerprint density at radius 3 is 2.63 bits per heavy atom. The zero-order chi connectivity index (χ0) is 13.8. The van der Waals surface area contributed by atoms with Gasteiger partial charge in [0.15, 0.2) is 0 Å². The van der Waals surface area contributed by atoms with Crippen molar-refractivity contribution < 1.29 is 19.1 Å². The van der Waals surface area contributed by atoms with E-state index in [9.17, 15) is 9.59 Å². The van der Waals surface area contributed by atoms with Crippen LogP contribution in [-0.2, 0) is 9.47 Å². The average molecular weight is 263 g/mol. The number of rotatable bonds is 3. The summed E-state index contributed by atoms with van der Waals surface area (Å²) in [5.41, 5.74) is 0.885. The second kappa shape index (κ2) is 5.84. The molecule has 1 fully saturated rings. The zero-order valence-corrected chi connectivity index (χ0v) is 11.1. The molecule has 1 aliphatic heterocycles. The van der Waals surface area contributed by atoms with Gasteiger partial charge in [-0.2, -0.15) is 0 Å². The molecule has 1 aromatic rings. The van der Waals surface area contributed by atoms with Gasteiger partial charge in [0.05, 0.1) is 18.8 Å². The van der Waals surface area contributed by atoms with E-state index in [1.165, 1.54) is 7.11 Å². The van der Waals surface area contributed by atoms with Gasteiger partial charge >= 0.3 is 5.97 Å². The highest BCUT2D eigenvalue weighted by molar-refractivity contribution is 5.98. The Balaban J connectivity index is 2.13. The number of hydrogen-bond acceptors (Lipinski definition) is 4. The highest BCUT2D eigenvalue weighted by Gasteiger charge is 2.27. The van der Waals surface area contributed by atoms with Gasteiger partial charge in [0, 0.05) is 25.8 Å². The van der Waals surface area contributed by atoms with Crippen LogP contribution in [0.25, 0.3) is 0 Å². The lowest BCUT2D eigenvalue weighted by Crippen LogP contribution is -2.30. The van der Waals surface area contributed by atoms with Crippen LogP contribution in [0.4, 0.5) is 0 Å². The third-order valence-electron chi connectivity index (χ3n) is 3.30. The van der Waals surface area contributed by atoms with Crippen molar-refractivity contribution in [2.75, 3.05) is 27.3 Å². The van der Waals surface area contributed by atoms with Crippen LogP contribution in [0.2, 0.25) is 0 Å². The molecule has 0 bridgehead atoms. The monoisotopic (exact) mass is 263 g/mol. The SMILES string of the molecule is COC(=O)c1cccc(C(=O)N2CCC(OC)C2)c1. The van der Waals surface area contributed by atoms with Crippen molar-refractivity contribution in [3.05, 3.63) is 35.4 Å². The van der Waals surface area contributed by atoms with Crippen molar-refractivity contribution >= 4 is 11.9 Å². The van der Waals surface area contributed by atoms with Gasteiger partial charge in [-0.05, 0) is 24.6 Å². The third kappa shape index (κ3) is 2.93. The molecule has 1 atom stereocenters. The van der Waals surface area contributed by atoms with Crippen molar-refractivity contribution in [2.24, 2.45) is 0 Å². The Labute approximate surface area is 112 Å². The quantitative estimate of drug-likeness (QED) is 0.772. The lowest BCUT2D eigenvalue weighted by molar-refractivity contribution is 0.0600. The zero-order valence-electron chi connectivity index (χ0n) is 11.1. The fourth-order valence-corrected chi connectivity index (χ4v) is 2.18. The number of benzene rings is 1. The van der Waals surface area contributed by atoms with E-state index in [1.54, 1.807) is 36.3 Å². The van der Waals surface area contributed by atoms with E-state index >= 15 is 0 Å². The van der Waals surface area contributed by atoms with E-state index in [2.05, 4.69) is 4.74 Å². The molecule has 1 unspecified atom stereocenters. The van der Waals surface area contributed by atoms with E-state index in [0.29, 0.717) is 24.2 Å². The minimum Gasteiger partial charge on any atom is -0.465 e. The number of carbonyl (C=O) groups excluding carboxylic acids is 2. The average Bonchev–Trinajstić information content (AvgIpc) is 2.94. The van der Waals surface area contributed by atoms with Crippen LogP contribution < -0.4 is 0 Å². The predicted octanol–water partition coefficient (Wildman–Crippen LogP) is 1.33. The van der Waals surface area contributed by atoms with Crippen LogP contribution in [-0.4, -0.2) is 50.2 Å². The Morgan fingerprint density at radius 2 is 2.00 bits per heavy atom. The number of methoxy groups -OCH3 is 2. The summed E-state index contributed by atoms with van der Waals surface area (Å²) in [6, 6.07) is 6.58. The first-order chi connectivity index (χ1) is 9.15. The van der Waals surface area contributed by atoms with Crippen molar-refractivity contribution in [3.63, 3.8) is 0 Å². The molecule has 0 aromatic heterocycles. The molecule has 0 aliphatic carbocycles. The Hall–Kier alpha value is -1.88. The van der Waals surface area contributed by atoms with Crippen LogP contribution in [0.5, 0.6) is 0 Å². The molecule has 1 amide bonds. The maximum Gasteiger partial charge on any atom is 0.337 e. The van der Waals surface area contributed by atoms with Gasteiger partial charge in [-0.3, -0.25) is 4.79 Å². The molecular weight excluding hydrogens is 246 g/mol. The summed E-state index contributed by atoms with van der Waals surface area (Å²) in [5.74, 6) is -0.517. The summed E-state index contributed by atoms with van der Waals surface area (Å²) >= 11 is 0. The molecule has 19 heavy (non-hydrogen) atoms. The van der Waals surface area contributed by atoms with Crippen LogP contribution in [0.1, 0.15) is 27.1 Å².